The summed E-state index contributed by atoms with van der Waals surface area (Å²) in [5.41, 5.74) is 10.9. The predicted molar refractivity (Wildman–Crippen MR) is 85.5 cm³/mol. The smallest absolute Gasteiger partial charge is 0.173 e. The molecule has 0 unspecified atom stereocenters. The summed E-state index contributed by atoms with van der Waals surface area (Å²) in [6, 6.07) is 9.59. The molecule has 114 valence electrons. The zero-order valence-electron chi connectivity index (χ0n) is 12.5. The third kappa shape index (κ3) is 2.22. The maximum atomic E-state index is 6.18. The number of hydrogen-bond acceptors (Lipinski definition) is 6. The maximum Gasteiger partial charge on any atom is 0.173 e. The Hall–Kier alpha value is -3.22. The maximum absolute atomic E-state index is 6.18. The number of rotatable bonds is 3. The summed E-state index contributed by atoms with van der Waals surface area (Å²) in [5, 5.41) is 7.84. The fraction of sp³-hybridized carbons (Fsp3) is 0.125. The van der Waals surface area contributed by atoms with Crippen LogP contribution in [-0.4, -0.2) is 24.8 Å². The minimum Gasteiger partial charge on any atom is -0.397 e. The molecule has 0 saturated carbocycles. The minimum absolute atomic E-state index is 0.584. The van der Waals surface area contributed by atoms with Gasteiger partial charge < -0.3 is 10.3 Å². The van der Waals surface area contributed by atoms with Crippen LogP contribution in [0.1, 0.15) is 11.3 Å². The van der Waals surface area contributed by atoms with Gasteiger partial charge in [-0.15, -0.1) is 0 Å². The van der Waals surface area contributed by atoms with E-state index in [9.17, 15) is 0 Å². The first-order valence-electron chi connectivity index (χ1n) is 7.17. The summed E-state index contributed by atoms with van der Waals surface area (Å²) in [4.78, 5) is 8.84. The fourth-order valence-corrected chi connectivity index (χ4v) is 2.66. The van der Waals surface area contributed by atoms with E-state index < -0.39 is 0 Å². The van der Waals surface area contributed by atoms with Gasteiger partial charge in [-0.1, -0.05) is 17.3 Å². The molecule has 1 aromatic carbocycles. The first-order chi connectivity index (χ1) is 11.2. The number of nitrogen functional groups attached to an aromatic ring is 1. The number of fused-ring (bicyclic) bond motifs is 1. The highest BCUT2D eigenvalue weighted by molar-refractivity contribution is 5.90. The third-order valence-electron chi connectivity index (χ3n) is 3.73. The van der Waals surface area contributed by atoms with Gasteiger partial charge in [-0.25, -0.2) is 9.61 Å². The van der Waals surface area contributed by atoms with Crippen molar-refractivity contribution in [2.75, 3.05) is 5.73 Å². The molecule has 3 heterocycles. The molecule has 0 fully saturated rings. The van der Waals surface area contributed by atoms with Crippen molar-refractivity contribution in [2.24, 2.45) is 0 Å². The quantitative estimate of drug-likeness (QED) is 0.584. The van der Waals surface area contributed by atoms with Crippen LogP contribution in [0.15, 0.2) is 47.4 Å². The second kappa shape index (κ2) is 5.20. The Kier molecular flexibility index (Phi) is 3.04. The minimum atomic E-state index is 0.584. The Labute approximate surface area is 131 Å². The molecule has 0 amide bonds. The number of anilines is 1. The molecule has 0 aliphatic carbocycles. The first-order valence-corrected chi connectivity index (χ1v) is 7.17. The van der Waals surface area contributed by atoms with Crippen LogP contribution < -0.4 is 5.73 Å². The average Bonchev–Trinajstić information content (AvgIpc) is 3.13. The Bertz CT molecular complexity index is 973. The molecule has 23 heavy (non-hydrogen) atoms. The topological polar surface area (TPSA) is 95.6 Å². The number of nitrogens with two attached hydrogens (primary N) is 1. The van der Waals surface area contributed by atoms with Gasteiger partial charge >= 0.3 is 0 Å². The molecule has 7 heteroatoms. The molecule has 4 rings (SSSR count). The van der Waals surface area contributed by atoms with Gasteiger partial charge in [0, 0.05) is 12.4 Å². The van der Waals surface area contributed by atoms with Crippen molar-refractivity contribution < 1.29 is 4.63 Å². The van der Waals surface area contributed by atoms with Crippen molar-refractivity contribution in [3.05, 3.63) is 54.0 Å². The van der Waals surface area contributed by atoms with E-state index in [4.69, 9.17) is 10.4 Å². The van der Waals surface area contributed by atoms with Gasteiger partial charge in [0.15, 0.2) is 11.5 Å². The Morgan fingerprint density at radius 3 is 2.83 bits per heavy atom. The lowest BCUT2D eigenvalue weighted by Crippen LogP contribution is -2.04. The highest BCUT2D eigenvalue weighted by Gasteiger charge is 2.19. The number of imidazole rings is 1. The van der Waals surface area contributed by atoms with Gasteiger partial charge in [-0.05, 0) is 35.8 Å². The molecule has 0 aliphatic rings. The van der Waals surface area contributed by atoms with Crippen molar-refractivity contribution in [1.82, 2.24) is 24.8 Å². The Balaban J connectivity index is 1.97. The molecule has 4 aromatic rings. The van der Waals surface area contributed by atoms with E-state index in [0.717, 1.165) is 16.6 Å². The summed E-state index contributed by atoms with van der Waals surface area (Å²) >= 11 is 0. The predicted octanol–water partition coefficient (Wildman–Crippen LogP) is 2.42. The third-order valence-corrected chi connectivity index (χ3v) is 3.73. The molecule has 2 N–H and O–H groups in total. The van der Waals surface area contributed by atoms with E-state index in [0.29, 0.717) is 29.4 Å². The van der Waals surface area contributed by atoms with Crippen LogP contribution >= 0.6 is 0 Å². The van der Waals surface area contributed by atoms with Crippen molar-refractivity contribution >= 4 is 16.7 Å². The Morgan fingerprint density at radius 1 is 1.17 bits per heavy atom. The molecular weight excluding hydrogens is 292 g/mol. The fourth-order valence-electron chi connectivity index (χ4n) is 2.66. The Morgan fingerprint density at radius 2 is 2.09 bits per heavy atom. The highest BCUT2D eigenvalue weighted by Crippen LogP contribution is 2.29. The molecule has 0 atom stereocenters. The molecule has 0 bridgehead atoms. The SMILES string of the molecule is Cc1nonc1-c1nc2cccc(N)c2n1Cc1cccnc1. The molecule has 0 radical (unpaired) electrons. The van der Waals surface area contributed by atoms with Gasteiger partial charge in [-0.3, -0.25) is 4.98 Å². The molecule has 0 saturated heterocycles. The number of nitrogens with zero attached hydrogens (tertiary/aromatic N) is 5. The van der Waals surface area contributed by atoms with Crippen LogP contribution in [-0.2, 0) is 6.54 Å². The van der Waals surface area contributed by atoms with Gasteiger partial charge in [0.05, 0.1) is 23.3 Å². The molecular formula is C16H14N6O. The highest BCUT2D eigenvalue weighted by atomic mass is 16.6. The van der Waals surface area contributed by atoms with Gasteiger partial charge in [0.25, 0.3) is 0 Å². The lowest BCUT2D eigenvalue weighted by atomic mass is 10.2. The van der Waals surface area contributed by atoms with Crippen LogP contribution in [0.5, 0.6) is 0 Å². The van der Waals surface area contributed by atoms with Crippen molar-refractivity contribution in [1.29, 1.82) is 0 Å². The monoisotopic (exact) mass is 306 g/mol. The normalized spacial score (nSPS) is 11.2. The van der Waals surface area contributed by atoms with Gasteiger partial charge in [0.1, 0.15) is 5.69 Å². The largest absolute Gasteiger partial charge is 0.397 e. The van der Waals surface area contributed by atoms with Crippen LogP contribution in [0, 0.1) is 6.92 Å². The average molecular weight is 306 g/mol. The molecule has 7 nitrogen and oxygen atoms in total. The second-order valence-corrected chi connectivity index (χ2v) is 5.30. The number of para-hydroxylation sites is 1. The van der Waals surface area contributed by atoms with Gasteiger partial charge in [0.2, 0.25) is 0 Å². The number of hydrogen-bond donors (Lipinski definition) is 1. The summed E-state index contributed by atoms with van der Waals surface area (Å²) in [6.45, 7) is 2.42. The first kappa shape index (κ1) is 13.4. The summed E-state index contributed by atoms with van der Waals surface area (Å²) in [6.07, 6.45) is 3.57. The van der Waals surface area contributed by atoms with Crippen LogP contribution in [0.25, 0.3) is 22.6 Å². The zero-order chi connectivity index (χ0) is 15.8. The lowest BCUT2D eigenvalue weighted by molar-refractivity contribution is 0.305. The lowest BCUT2D eigenvalue weighted by Gasteiger charge is -2.09. The van der Waals surface area contributed by atoms with Crippen molar-refractivity contribution in [2.45, 2.75) is 13.5 Å². The number of aryl methyl sites for hydroxylation is 1. The van der Waals surface area contributed by atoms with E-state index in [-0.39, 0.29) is 0 Å². The summed E-state index contributed by atoms with van der Waals surface area (Å²) in [5.74, 6) is 0.681. The van der Waals surface area contributed by atoms with E-state index in [1.165, 1.54) is 0 Å². The second-order valence-electron chi connectivity index (χ2n) is 5.30. The van der Waals surface area contributed by atoms with Crippen molar-refractivity contribution in [3.8, 4) is 11.5 Å². The van der Waals surface area contributed by atoms with Gasteiger partial charge in [-0.2, -0.15) is 0 Å². The molecule has 3 aromatic heterocycles. The summed E-state index contributed by atoms with van der Waals surface area (Å²) < 4.78 is 6.86. The van der Waals surface area contributed by atoms with Crippen LogP contribution in [0.3, 0.4) is 0 Å². The zero-order valence-corrected chi connectivity index (χ0v) is 12.5. The number of benzene rings is 1. The standard InChI is InChI=1S/C16H14N6O/c1-10-14(21-23-20-10)16-19-13-6-2-5-12(17)15(13)22(16)9-11-4-3-7-18-8-11/h2-8H,9,17H2,1H3. The van der Waals surface area contributed by atoms with E-state index in [1.807, 2.05) is 48.0 Å². The number of aromatic nitrogens is 5. The van der Waals surface area contributed by atoms with E-state index >= 15 is 0 Å². The van der Waals surface area contributed by atoms with E-state index in [1.54, 1.807) is 6.20 Å². The molecule has 0 spiro atoms. The van der Waals surface area contributed by atoms with Crippen LogP contribution in [0.2, 0.25) is 0 Å². The van der Waals surface area contributed by atoms with Crippen LogP contribution in [0.4, 0.5) is 5.69 Å². The molecule has 0 aliphatic heterocycles. The van der Waals surface area contributed by atoms with E-state index in [2.05, 4.69) is 20.3 Å². The number of pyridine rings is 1. The van der Waals surface area contributed by atoms with Crippen molar-refractivity contribution in [3.63, 3.8) is 0 Å². The summed E-state index contributed by atoms with van der Waals surface area (Å²) in [7, 11) is 0.